The molecule has 0 N–H and O–H groups in total. The molecule has 0 spiro atoms. The molecule has 0 aliphatic carbocycles. The Morgan fingerprint density at radius 2 is 1.89 bits per heavy atom. The largest absolute Gasteiger partial charge is 0.481 e. The van der Waals surface area contributed by atoms with Crippen molar-refractivity contribution in [1.82, 2.24) is 4.98 Å². The topological polar surface area (TPSA) is 39.2 Å². The summed E-state index contributed by atoms with van der Waals surface area (Å²) >= 11 is 5.88. The normalized spacial score (nSPS) is 11.9. The third-order valence-corrected chi connectivity index (χ3v) is 3.23. The number of pyridine rings is 1. The molecule has 1 atom stereocenters. The van der Waals surface area contributed by atoms with E-state index in [1.807, 2.05) is 30.3 Å². The summed E-state index contributed by atoms with van der Waals surface area (Å²) < 4.78 is 5.03. The van der Waals surface area contributed by atoms with Crippen LogP contribution in [-0.4, -0.2) is 18.4 Å². The highest BCUT2D eigenvalue weighted by atomic mass is 35.5. The Labute approximate surface area is 117 Å². The summed E-state index contributed by atoms with van der Waals surface area (Å²) in [5.74, 6) is 0.554. The average molecular weight is 276 g/mol. The highest BCUT2D eigenvalue weighted by Gasteiger charge is 2.14. The molecule has 2 aromatic rings. The number of aromatic nitrogens is 1. The minimum atomic E-state index is -0.00632. The van der Waals surface area contributed by atoms with Crippen LogP contribution >= 0.6 is 11.6 Å². The lowest BCUT2D eigenvalue weighted by molar-refractivity contribution is -0.108. The van der Waals surface area contributed by atoms with Gasteiger partial charge in [-0.05, 0) is 23.3 Å². The molecular weight excluding hydrogens is 262 g/mol. The fourth-order valence-electron chi connectivity index (χ4n) is 1.97. The zero-order valence-corrected chi connectivity index (χ0v) is 11.3. The smallest absolute Gasteiger partial charge is 0.212 e. The third-order valence-electron chi connectivity index (χ3n) is 2.98. The van der Waals surface area contributed by atoms with Crippen molar-refractivity contribution in [2.45, 2.75) is 12.3 Å². The van der Waals surface area contributed by atoms with Gasteiger partial charge in [-0.25, -0.2) is 4.98 Å². The molecule has 0 saturated carbocycles. The van der Waals surface area contributed by atoms with Gasteiger partial charge in [0.15, 0.2) is 0 Å². The fourth-order valence-corrected chi connectivity index (χ4v) is 2.10. The Morgan fingerprint density at radius 1 is 1.21 bits per heavy atom. The Bertz CT molecular complexity index is 537. The summed E-state index contributed by atoms with van der Waals surface area (Å²) in [5.41, 5.74) is 2.03. The summed E-state index contributed by atoms with van der Waals surface area (Å²) in [4.78, 5) is 15.1. The van der Waals surface area contributed by atoms with Gasteiger partial charge in [-0.1, -0.05) is 29.8 Å². The number of hydrogen-bond donors (Lipinski definition) is 0. The Balaban J connectivity index is 2.32. The van der Waals surface area contributed by atoms with E-state index in [-0.39, 0.29) is 5.92 Å². The van der Waals surface area contributed by atoms with Gasteiger partial charge in [0.05, 0.1) is 7.11 Å². The number of methoxy groups -OCH3 is 1. The number of aldehydes is 1. The quantitative estimate of drug-likeness (QED) is 0.785. The molecule has 0 saturated heterocycles. The number of ether oxygens (including phenoxy) is 1. The number of rotatable bonds is 5. The number of benzene rings is 1. The molecule has 0 aliphatic heterocycles. The average Bonchev–Trinajstić information content (AvgIpc) is 2.46. The molecule has 0 amide bonds. The molecule has 4 heteroatoms. The van der Waals surface area contributed by atoms with E-state index in [4.69, 9.17) is 16.3 Å². The van der Waals surface area contributed by atoms with Crippen molar-refractivity contribution in [3.63, 3.8) is 0 Å². The molecule has 19 heavy (non-hydrogen) atoms. The van der Waals surface area contributed by atoms with E-state index in [9.17, 15) is 4.79 Å². The summed E-state index contributed by atoms with van der Waals surface area (Å²) in [7, 11) is 1.57. The first-order valence-electron chi connectivity index (χ1n) is 5.93. The van der Waals surface area contributed by atoms with Crippen molar-refractivity contribution in [1.29, 1.82) is 0 Å². The zero-order chi connectivity index (χ0) is 13.7. The fraction of sp³-hybridized carbons (Fsp3) is 0.200. The zero-order valence-electron chi connectivity index (χ0n) is 10.5. The van der Waals surface area contributed by atoms with Crippen LogP contribution in [0.5, 0.6) is 5.88 Å². The van der Waals surface area contributed by atoms with Crippen LogP contribution in [0.1, 0.15) is 23.5 Å². The van der Waals surface area contributed by atoms with Crippen LogP contribution < -0.4 is 4.74 Å². The van der Waals surface area contributed by atoms with E-state index < -0.39 is 0 Å². The molecule has 0 radical (unpaired) electrons. The van der Waals surface area contributed by atoms with Gasteiger partial charge in [0, 0.05) is 29.6 Å². The Hall–Kier alpha value is -1.87. The maximum atomic E-state index is 10.9. The molecule has 1 aromatic carbocycles. The summed E-state index contributed by atoms with van der Waals surface area (Å²) in [6.45, 7) is 0. The van der Waals surface area contributed by atoms with E-state index in [0.717, 1.165) is 17.4 Å². The number of carbonyl (C=O) groups excluding carboxylic acids is 1. The van der Waals surface area contributed by atoms with Crippen molar-refractivity contribution in [3.8, 4) is 5.88 Å². The van der Waals surface area contributed by atoms with Crippen molar-refractivity contribution in [2.24, 2.45) is 0 Å². The minimum Gasteiger partial charge on any atom is -0.481 e. The first-order chi connectivity index (χ1) is 9.24. The van der Waals surface area contributed by atoms with E-state index in [2.05, 4.69) is 4.98 Å². The molecule has 2 rings (SSSR count). The van der Waals surface area contributed by atoms with Crippen LogP contribution in [0.25, 0.3) is 0 Å². The summed E-state index contributed by atoms with van der Waals surface area (Å²) in [5, 5.41) is 0.682. The van der Waals surface area contributed by atoms with Gasteiger partial charge in [0.25, 0.3) is 0 Å². The summed E-state index contributed by atoms with van der Waals surface area (Å²) in [6.07, 6.45) is 3.07. The first-order valence-corrected chi connectivity index (χ1v) is 6.31. The van der Waals surface area contributed by atoms with Crippen LogP contribution in [0.15, 0.2) is 42.6 Å². The van der Waals surface area contributed by atoms with Gasteiger partial charge < -0.3 is 9.53 Å². The maximum Gasteiger partial charge on any atom is 0.212 e. The molecule has 98 valence electrons. The number of halogens is 1. The highest BCUT2D eigenvalue weighted by Crippen LogP contribution is 2.28. The van der Waals surface area contributed by atoms with Gasteiger partial charge in [0.2, 0.25) is 5.88 Å². The van der Waals surface area contributed by atoms with Gasteiger partial charge >= 0.3 is 0 Å². The predicted molar refractivity (Wildman–Crippen MR) is 74.8 cm³/mol. The van der Waals surface area contributed by atoms with Gasteiger partial charge in [-0.3, -0.25) is 0 Å². The van der Waals surface area contributed by atoms with Crippen LogP contribution in [-0.2, 0) is 4.79 Å². The molecule has 1 aromatic heterocycles. The monoisotopic (exact) mass is 275 g/mol. The van der Waals surface area contributed by atoms with Crippen molar-refractivity contribution >= 4 is 17.9 Å². The Morgan fingerprint density at radius 3 is 2.42 bits per heavy atom. The van der Waals surface area contributed by atoms with E-state index in [1.54, 1.807) is 19.4 Å². The molecule has 0 bridgehead atoms. The standard InChI is InChI=1S/C15H14ClNO2/c1-19-15-7-4-12(10-17-15)14(8-9-18)11-2-5-13(16)6-3-11/h2-7,9-10,14H,8H2,1H3. The van der Waals surface area contributed by atoms with Gasteiger partial charge in [-0.15, -0.1) is 0 Å². The maximum absolute atomic E-state index is 10.9. The molecule has 0 fully saturated rings. The molecule has 0 aliphatic rings. The third kappa shape index (κ3) is 3.32. The number of carbonyl (C=O) groups is 1. The van der Waals surface area contributed by atoms with E-state index in [1.165, 1.54) is 0 Å². The summed E-state index contributed by atoms with van der Waals surface area (Å²) in [6, 6.07) is 11.2. The second-order valence-corrected chi connectivity index (χ2v) is 4.58. The predicted octanol–water partition coefficient (Wildman–Crippen LogP) is 3.46. The number of hydrogen-bond acceptors (Lipinski definition) is 3. The second-order valence-electron chi connectivity index (χ2n) is 4.14. The van der Waals surface area contributed by atoms with Crippen molar-refractivity contribution in [3.05, 3.63) is 58.7 Å². The molecule has 1 heterocycles. The lowest BCUT2D eigenvalue weighted by Crippen LogP contribution is -2.03. The van der Waals surface area contributed by atoms with Crippen molar-refractivity contribution < 1.29 is 9.53 Å². The lowest BCUT2D eigenvalue weighted by Gasteiger charge is -2.15. The molecule has 3 nitrogen and oxygen atoms in total. The molecular formula is C15H14ClNO2. The highest BCUT2D eigenvalue weighted by molar-refractivity contribution is 6.30. The van der Waals surface area contributed by atoms with E-state index >= 15 is 0 Å². The van der Waals surface area contributed by atoms with Crippen LogP contribution in [0.4, 0.5) is 0 Å². The van der Waals surface area contributed by atoms with Crippen LogP contribution in [0, 0.1) is 0 Å². The van der Waals surface area contributed by atoms with E-state index in [0.29, 0.717) is 17.3 Å². The Kier molecular flexibility index (Phi) is 4.53. The van der Waals surface area contributed by atoms with Crippen molar-refractivity contribution in [2.75, 3.05) is 7.11 Å². The number of nitrogens with zero attached hydrogens (tertiary/aromatic N) is 1. The minimum absolute atomic E-state index is 0.00632. The SMILES string of the molecule is COc1ccc(C(CC=O)c2ccc(Cl)cc2)cn1. The first kappa shape index (κ1) is 13.6. The van der Waals surface area contributed by atoms with Crippen LogP contribution in [0.3, 0.4) is 0 Å². The molecule has 1 unspecified atom stereocenters. The van der Waals surface area contributed by atoms with Crippen LogP contribution in [0.2, 0.25) is 5.02 Å². The second kappa shape index (κ2) is 6.34. The van der Waals surface area contributed by atoms with Gasteiger partial charge in [-0.2, -0.15) is 0 Å². The van der Waals surface area contributed by atoms with Gasteiger partial charge in [0.1, 0.15) is 6.29 Å². The lowest BCUT2D eigenvalue weighted by atomic mass is 9.90.